The Kier molecular flexibility index (Phi) is 5.87. The van der Waals surface area contributed by atoms with Crippen molar-refractivity contribution in [3.8, 4) is 0 Å². The van der Waals surface area contributed by atoms with Gasteiger partial charge in [-0.05, 0) is 55.8 Å². The molecule has 24 heavy (non-hydrogen) atoms. The highest BCUT2D eigenvalue weighted by molar-refractivity contribution is 7.89. The summed E-state index contributed by atoms with van der Waals surface area (Å²) in [6, 6.07) is 9.77. The smallest absolute Gasteiger partial charge is 0.242 e. The Morgan fingerprint density at radius 2 is 1.71 bits per heavy atom. The summed E-state index contributed by atoms with van der Waals surface area (Å²) in [6.07, 6.45) is 0. The second-order valence-corrected chi connectivity index (χ2v) is 7.81. The number of anilines is 1. The molecule has 0 fully saturated rings. The van der Waals surface area contributed by atoms with Crippen LogP contribution in [0, 0.1) is 6.92 Å². The van der Waals surface area contributed by atoms with Gasteiger partial charge < -0.3 is 5.32 Å². The lowest BCUT2D eigenvalue weighted by molar-refractivity contribution is -0.117. The third-order valence-electron chi connectivity index (χ3n) is 3.29. The molecule has 0 saturated carbocycles. The second kappa shape index (κ2) is 7.53. The molecule has 1 amide bonds. The summed E-state index contributed by atoms with van der Waals surface area (Å²) >= 11 is 11.7. The van der Waals surface area contributed by atoms with Gasteiger partial charge in [0.2, 0.25) is 15.9 Å². The predicted octanol–water partition coefficient (Wildman–Crippen LogP) is 3.61. The van der Waals surface area contributed by atoms with E-state index in [2.05, 4.69) is 10.0 Å². The van der Waals surface area contributed by atoms with Gasteiger partial charge in [0.15, 0.2) is 0 Å². The van der Waals surface area contributed by atoms with Gasteiger partial charge in [-0.2, -0.15) is 4.72 Å². The molecular weight excluding hydrogens is 371 g/mol. The highest BCUT2D eigenvalue weighted by Gasteiger charge is 2.22. The maximum Gasteiger partial charge on any atom is 0.242 e. The van der Waals surface area contributed by atoms with Gasteiger partial charge in [0.05, 0.1) is 10.9 Å². The van der Waals surface area contributed by atoms with Crippen LogP contribution in [0.25, 0.3) is 0 Å². The molecule has 0 unspecified atom stereocenters. The Morgan fingerprint density at radius 3 is 2.29 bits per heavy atom. The van der Waals surface area contributed by atoms with Gasteiger partial charge in [-0.25, -0.2) is 8.42 Å². The standard InChI is InChI=1S/C16H16Cl2N2O3S/c1-10-3-6-13(9-15(10)18)19-16(21)11(2)20-24(22,23)14-7-4-12(17)5-8-14/h3-9,11,20H,1-2H3,(H,19,21)/t11-/m1/s1. The summed E-state index contributed by atoms with van der Waals surface area (Å²) in [5.74, 6) is -0.493. The molecule has 2 aromatic carbocycles. The van der Waals surface area contributed by atoms with Gasteiger partial charge in [0.25, 0.3) is 0 Å². The van der Waals surface area contributed by atoms with Gasteiger partial charge in [0, 0.05) is 15.7 Å². The molecule has 0 saturated heterocycles. The van der Waals surface area contributed by atoms with Crippen molar-refractivity contribution in [3.05, 3.63) is 58.1 Å². The van der Waals surface area contributed by atoms with Crippen molar-refractivity contribution in [1.82, 2.24) is 4.72 Å². The monoisotopic (exact) mass is 386 g/mol. The zero-order chi connectivity index (χ0) is 17.9. The first kappa shape index (κ1) is 18.7. The van der Waals surface area contributed by atoms with Gasteiger partial charge in [-0.3, -0.25) is 4.79 Å². The van der Waals surface area contributed by atoms with Crippen molar-refractivity contribution in [1.29, 1.82) is 0 Å². The van der Waals surface area contributed by atoms with Crippen LogP contribution in [0.15, 0.2) is 47.4 Å². The number of nitrogens with one attached hydrogen (secondary N) is 2. The van der Waals surface area contributed by atoms with Crippen LogP contribution in [0.1, 0.15) is 12.5 Å². The predicted molar refractivity (Wildman–Crippen MR) is 96.1 cm³/mol. The van der Waals surface area contributed by atoms with E-state index in [1.54, 1.807) is 18.2 Å². The van der Waals surface area contributed by atoms with Gasteiger partial charge in [-0.15, -0.1) is 0 Å². The van der Waals surface area contributed by atoms with Crippen LogP contribution < -0.4 is 10.0 Å². The number of amides is 1. The summed E-state index contributed by atoms with van der Waals surface area (Å²) in [7, 11) is -3.82. The van der Waals surface area contributed by atoms with Crippen LogP contribution in [0.4, 0.5) is 5.69 Å². The van der Waals surface area contributed by atoms with E-state index in [4.69, 9.17) is 23.2 Å². The van der Waals surface area contributed by atoms with Crippen molar-refractivity contribution < 1.29 is 13.2 Å². The molecule has 2 aromatic rings. The van der Waals surface area contributed by atoms with Gasteiger partial charge >= 0.3 is 0 Å². The molecule has 0 aromatic heterocycles. The van der Waals surface area contributed by atoms with E-state index < -0.39 is 22.0 Å². The van der Waals surface area contributed by atoms with E-state index in [0.29, 0.717) is 15.7 Å². The molecule has 5 nitrogen and oxygen atoms in total. The molecule has 0 aliphatic heterocycles. The summed E-state index contributed by atoms with van der Waals surface area (Å²) in [5.41, 5.74) is 1.37. The molecule has 0 aliphatic carbocycles. The number of aryl methyl sites for hydroxylation is 1. The highest BCUT2D eigenvalue weighted by Crippen LogP contribution is 2.20. The number of carbonyl (C=O) groups is 1. The summed E-state index contributed by atoms with van der Waals surface area (Å²) in [6.45, 7) is 3.30. The van der Waals surface area contributed by atoms with Crippen molar-refractivity contribution in [3.63, 3.8) is 0 Å². The quantitative estimate of drug-likeness (QED) is 0.823. The van der Waals surface area contributed by atoms with E-state index in [1.807, 2.05) is 6.92 Å². The zero-order valence-electron chi connectivity index (χ0n) is 13.0. The number of carbonyl (C=O) groups excluding carboxylic acids is 1. The van der Waals surface area contributed by atoms with Crippen LogP contribution in [0.2, 0.25) is 10.0 Å². The Morgan fingerprint density at radius 1 is 1.08 bits per heavy atom. The maximum absolute atomic E-state index is 12.3. The Hall–Kier alpha value is -1.60. The topological polar surface area (TPSA) is 75.3 Å². The van der Waals surface area contributed by atoms with Gasteiger partial charge in [-0.1, -0.05) is 29.3 Å². The number of rotatable bonds is 5. The van der Waals surface area contributed by atoms with E-state index >= 15 is 0 Å². The number of hydrogen-bond acceptors (Lipinski definition) is 3. The molecule has 0 spiro atoms. The van der Waals surface area contributed by atoms with E-state index in [9.17, 15) is 13.2 Å². The fraction of sp³-hybridized carbons (Fsp3) is 0.188. The van der Waals surface area contributed by atoms with Crippen LogP contribution in [-0.4, -0.2) is 20.4 Å². The normalized spacial score (nSPS) is 12.7. The fourth-order valence-corrected chi connectivity index (χ4v) is 3.40. The van der Waals surface area contributed by atoms with E-state index in [1.165, 1.54) is 31.2 Å². The SMILES string of the molecule is Cc1ccc(NC(=O)[C@@H](C)NS(=O)(=O)c2ccc(Cl)cc2)cc1Cl. The van der Waals surface area contributed by atoms with Crippen LogP contribution in [0.5, 0.6) is 0 Å². The first-order chi connectivity index (χ1) is 11.2. The largest absolute Gasteiger partial charge is 0.325 e. The third-order valence-corrected chi connectivity index (χ3v) is 5.50. The lowest BCUT2D eigenvalue weighted by Crippen LogP contribution is -2.41. The Balaban J connectivity index is 2.07. The molecule has 0 heterocycles. The molecule has 2 N–H and O–H groups in total. The summed E-state index contributed by atoms with van der Waals surface area (Å²) < 4.78 is 26.8. The summed E-state index contributed by atoms with van der Waals surface area (Å²) in [4.78, 5) is 12.2. The molecule has 0 aliphatic rings. The maximum atomic E-state index is 12.3. The number of hydrogen-bond donors (Lipinski definition) is 2. The Bertz CT molecular complexity index is 852. The molecule has 1 atom stereocenters. The lowest BCUT2D eigenvalue weighted by atomic mass is 10.2. The number of benzene rings is 2. The van der Waals surface area contributed by atoms with Crippen LogP contribution >= 0.6 is 23.2 Å². The minimum atomic E-state index is -3.82. The Labute approximate surface area is 151 Å². The molecule has 128 valence electrons. The first-order valence-electron chi connectivity index (χ1n) is 7.04. The average Bonchev–Trinajstić information content (AvgIpc) is 2.51. The molecule has 0 bridgehead atoms. The lowest BCUT2D eigenvalue weighted by Gasteiger charge is -2.15. The number of sulfonamides is 1. The molecule has 8 heteroatoms. The van der Waals surface area contributed by atoms with Crippen molar-refractivity contribution in [2.24, 2.45) is 0 Å². The van der Waals surface area contributed by atoms with Crippen molar-refractivity contribution in [2.45, 2.75) is 24.8 Å². The molecular formula is C16H16Cl2N2O3S. The minimum absolute atomic E-state index is 0.0323. The van der Waals surface area contributed by atoms with E-state index in [0.717, 1.165) is 5.56 Å². The van der Waals surface area contributed by atoms with Gasteiger partial charge in [0.1, 0.15) is 0 Å². The highest BCUT2D eigenvalue weighted by atomic mass is 35.5. The molecule has 2 rings (SSSR count). The minimum Gasteiger partial charge on any atom is -0.325 e. The first-order valence-corrected chi connectivity index (χ1v) is 9.28. The third kappa shape index (κ3) is 4.70. The fourth-order valence-electron chi connectivity index (χ4n) is 1.89. The van der Waals surface area contributed by atoms with Crippen molar-refractivity contribution >= 4 is 44.8 Å². The van der Waals surface area contributed by atoms with Crippen molar-refractivity contribution in [2.75, 3.05) is 5.32 Å². The zero-order valence-corrected chi connectivity index (χ0v) is 15.3. The summed E-state index contributed by atoms with van der Waals surface area (Å²) in [5, 5.41) is 3.56. The molecule has 0 radical (unpaired) electrons. The van der Waals surface area contributed by atoms with Crippen LogP contribution in [0.3, 0.4) is 0 Å². The van der Waals surface area contributed by atoms with Crippen LogP contribution in [-0.2, 0) is 14.8 Å². The van der Waals surface area contributed by atoms with E-state index in [-0.39, 0.29) is 4.90 Å². The number of halogens is 2. The second-order valence-electron chi connectivity index (χ2n) is 5.25. The average molecular weight is 387 g/mol.